The van der Waals surface area contributed by atoms with Crippen molar-refractivity contribution in [3.05, 3.63) is 111 Å². The van der Waals surface area contributed by atoms with Crippen molar-refractivity contribution in [3.8, 4) is 22.5 Å². The van der Waals surface area contributed by atoms with Gasteiger partial charge in [0.1, 0.15) is 22.3 Å². The Hall–Kier alpha value is -3.64. The molecule has 0 unspecified atom stereocenters. The van der Waals surface area contributed by atoms with Gasteiger partial charge in [-0.15, -0.1) is 11.3 Å². The smallest absolute Gasteiger partial charge is 0.263 e. The predicted octanol–water partition coefficient (Wildman–Crippen LogP) is 6.43. The summed E-state index contributed by atoms with van der Waals surface area (Å²) in [5, 5.41) is 2.35. The van der Waals surface area contributed by atoms with E-state index < -0.39 is 0 Å². The zero-order valence-corrected chi connectivity index (χ0v) is 18.0. The van der Waals surface area contributed by atoms with Crippen LogP contribution in [0, 0.1) is 18.6 Å². The fourth-order valence-corrected chi connectivity index (χ4v) is 4.69. The van der Waals surface area contributed by atoms with E-state index in [4.69, 9.17) is 4.98 Å². The zero-order valence-electron chi connectivity index (χ0n) is 17.2. The van der Waals surface area contributed by atoms with E-state index in [1.54, 1.807) is 28.8 Å². The fraction of sp³-hybridized carbons (Fsp3) is 0.0769. The molecule has 0 saturated heterocycles. The van der Waals surface area contributed by atoms with Crippen LogP contribution in [-0.4, -0.2) is 9.55 Å². The number of hydrogen-bond donors (Lipinski definition) is 0. The molecule has 0 N–H and O–H groups in total. The minimum absolute atomic E-state index is 0.182. The van der Waals surface area contributed by atoms with Gasteiger partial charge < -0.3 is 0 Å². The number of benzene rings is 3. The van der Waals surface area contributed by atoms with Crippen LogP contribution in [0.5, 0.6) is 0 Å². The number of aryl methyl sites for hydroxylation is 1. The molecule has 0 aliphatic carbocycles. The Morgan fingerprint density at radius 3 is 2.34 bits per heavy atom. The fourth-order valence-electron chi connectivity index (χ4n) is 3.75. The zero-order chi connectivity index (χ0) is 22.2. The monoisotopic (exact) mass is 444 g/mol. The molecule has 32 heavy (non-hydrogen) atoms. The Morgan fingerprint density at radius 2 is 1.62 bits per heavy atom. The molecule has 3 aromatic carbocycles. The first-order chi connectivity index (χ1) is 15.5. The Balaban J connectivity index is 1.76. The molecule has 0 aliphatic rings. The number of hydrogen-bond acceptors (Lipinski definition) is 3. The maximum atomic E-state index is 13.8. The Kier molecular flexibility index (Phi) is 5.15. The second kappa shape index (κ2) is 8.13. The highest BCUT2D eigenvalue weighted by Crippen LogP contribution is 2.32. The highest BCUT2D eigenvalue weighted by Gasteiger charge is 2.18. The molecule has 0 radical (unpaired) electrons. The minimum Gasteiger partial charge on any atom is -0.288 e. The van der Waals surface area contributed by atoms with Crippen molar-refractivity contribution in [2.45, 2.75) is 13.5 Å². The Bertz CT molecular complexity index is 1490. The first-order valence-corrected chi connectivity index (χ1v) is 11.0. The van der Waals surface area contributed by atoms with Gasteiger partial charge in [-0.3, -0.25) is 9.36 Å². The number of rotatable bonds is 4. The molecule has 6 heteroatoms. The van der Waals surface area contributed by atoms with Crippen molar-refractivity contribution < 1.29 is 8.78 Å². The van der Waals surface area contributed by atoms with E-state index in [1.165, 1.54) is 35.6 Å². The van der Waals surface area contributed by atoms with Gasteiger partial charge in [-0.1, -0.05) is 54.1 Å². The van der Waals surface area contributed by atoms with E-state index in [2.05, 4.69) is 0 Å². The van der Waals surface area contributed by atoms with Crippen molar-refractivity contribution in [2.24, 2.45) is 0 Å². The molecule has 3 nitrogen and oxygen atoms in total. The number of halogens is 2. The third-order valence-corrected chi connectivity index (χ3v) is 6.26. The van der Waals surface area contributed by atoms with E-state index >= 15 is 0 Å². The van der Waals surface area contributed by atoms with Gasteiger partial charge in [0.2, 0.25) is 0 Å². The van der Waals surface area contributed by atoms with E-state index in [0.717, 1.165) is 16.7 Å². The van der Waals surface area contributed by atoms with Crippen LogP contribution < -0.4 is 5.56 Å². The molecule has 0 amide bonds. The molecule has 0 aliphatic heterocycles. The molecule has 158 valence electrons. The summed E-state index contributed by atoms with van der Waals surface area (Å²) < 4.78 is 28.8. The Labute approximate surface area is 187 Å². The minimum atomic E-state index is -0.357. The van der Waals surface area contributed by atoms with Gasteiger partial charge in [0.25, 0.3) is 5.56 Å². The molecule has 2 heterocycles. The SMILES string of the molecule is Cc1ccc(-c2nc3scc(-c4ccc(F)cc4)c3c(=O)n2Cc2cccc(F)c2)cc1. The van der Waals surface area contributed by atoms with Crippen LogP contribution in [0.4, 0.5) is 8.78 Å². The first-order valence-electron chi connectivity index (χ1n) is 10.1. The predicted molar refractivity (Wildman–Crippen MR) is 125 cm³/mol. The maximum absolute atomic E-state index is 13.8. The van der Waals surface area contributed by atoms with Gasteiger partial charge in [-0.05, 0) is 42.3 Å². The maximum Gasteiger partial charge on any atom is 0.263 e. The number of aromatic nitrogens is 2. The standard InChI is InChI=1S/C26H18F2N2OS/c1-16-5-7-19(8-6-16)24-29-25-23(22(15-32-25)18-9-11-20(27)12-10-18)26(31)30(24)14-17-3-2-4-21(28)13-17/h2-13,15H,14H2,1H3. The Morgan fingerprint density at radius 1 is 0.906 bits per heavy atom. The normalized spacial score (nSPS) is 11.2. The summed E-state index contributed by atoms with van der Waals surface area (Å²) in [6.07, 6.45) is 0. The number of fused-ring (bicyclic) bond motifs is 1. The van der Waals surface area contributed by atoms with Gasteiger partial charge in [-0.2, -0.15) is 0 Å². The van der Waals surface area contributed by atoms with Crippen LogP contribution in [0.2, 0.25) is 0 Å². The van der Waals surface area contributed by atoms with Crippen molar-refractivity contribution in [1.82, 2.24) is 9.55 Å². The van der Waals surface area contributed by atoms with Gasteiger partial charge >= 0.3 is 0 Å². The van der Waals surface area contributed by atoms with E-state index in [1.807, 2.05) is 36.6 Å². The molecule has 0 bridgehead atoms. The molecule has 5 rings (SSSR count). The third-order valence-electron chi connectivity index (χ3n) is 5.39. The molecule has 5 aromatic rings. The molecule has 0 atom stereocenters. The summed E-state index contributed by atoms with van der Waals surface area (Å²) in [5.41, 5.74) is 3.82. The third kappa shape index (κ3) is 3.74. The lowest BCUT2D eigenvalue weighted by molar-refractivity contribution is 0.623. The second-order valence-electron chi connectivity index (χ2n) is 7.66. The molecular weight excluding hydrogens is 426 g/mol. The summed E-state index contributed by atoms with van der Waals surface area (Å²) in [5.74, 6) is -0.167. The molecule has 2 aromatic heterocycles. The second-order valence-corrected chi connectivity index (χ2v) is 8.52. The van der Waals surface area contributed by atoms with Crippen LogP contribution >= 0.6 is 11.3 Å². The molecule has 0 saturated carbocycles. The summed E-state index contributed by atoms with van der Waals surface area (Å²) in [7, 11) is 0. The van der Waals surface area contributed by atoms with Gasteiger partial charge in [-0.25, -0.2) is 13.8 Å². The molecule has 0 fully saturated rings. The highest BCUT2D eigenvalue weighted by atomic mass is 32.1. The van der Waals surface area contributed by atoms with Gasteiger partial charge in [0.05, 0.1) is 11.9 Å². The van der Waals surface area contributed by atoms with Gasteiger partial charge in [0.15, 0.2) is 0 Å². The summed E-state index contributed by atoms with van der Waals surface area (Å²) in [6.45, 7) is 2.18. The number of nitrogens with zero attached hydrogens (tertiary/aromatic N) is 2. The average molecular weight is 445 g/mol. The van der Waals surface area contributed by atoms with Crippen LogP contribution in [0.25, 0.3) is 32.7 Å². The largest absolute Gasteiger partial charge is 0.288 e. The van der Waals surface area contributed by atoms with Crippen molar-refractivity contribution in [3.63, 3.8) is 0 Å². The number of thiophene rings is 1. The molecular formula is C26H18F2N2OS. The van der Waals surface area contributed by atoms with Crippen LogP contribution in [-0.2, 0) is 6.54 Å². The molecule has 0 spiro atoms. The van der Waals surface area contributed by atoms with Crippen molar-refractivity contribution in [1.29, 1.82) is 0 Å². The lowest BCUT2D eigenvalue weighted by Gasteiger charge is -2.14. The van der Waals surface area contributed by atoms with Crippen LogP contribution in [0.1, 0.15) is 11.1 Å². The van der Waals surface area contributed by atoms with E-state index in [0.29, 0.717) is 27.2 Å². The highest BCUT2D eigenvalue weighted by molar-refractivity contribution is 7.17. The van der Waals surface area contributed by atoms with Gasteiger partial charge in [0, 0.05) is 16.5 Å². The summed E-state index contributed by atoms with van der Waals surface area (Å²) >= 11 is 1.38. The van der Waals surface area contributed by atoms with Crippen molar-refractivity contribution >= 4 is 21.6 Å². The average Bonchev–Trinajstić information content (AvgIpc) is 3.21. The van der Waals surface area contributed by atoms with E-state index in [9.17, 15) is 13.6 Å². The quantitative estimate of drug-likeness (QED) is 0.320. The summed E-state index contributed by atoms with van der Waals surface area (Å²) in [4.78, 5) is 19.2. The van der Waals surface area contributed by atoms with Crippen molar-refractivity contribution in [2.75, 3.05) is 0 Å². The first kappa shape index (κ1) is 20.3. The van der Waals surface area contributed by atoms with Crippen LogP contribution in [0.3, 0.4) is 0 Å². The topological polar surface area (TPSA) is 34.9 Å². The lowest BCUT2D eigenvalue weighted by atomic mass is 10.1. The van der Waals surface area contributed by atoms with E-state index in [-0.39, 0.29) is 23.7 Å². The lowest BCUT2D eigenvalue weighted by Crippen LogP contribution is -2.24. The van der Waals surface area contributed by atoms with Crippen LogP contribution in [0.15, 0.2) is 83.0 Å². The summed E-state index contributed by atoms with van der Waals surface area (Å²) in [6, 6.07) is 20.1.